The minimum absolute atomic E-state index is 0.0859. The molecule has 1 aliphatic rings. The second kappa shape index (κ2) is 9.38. The Labute approximate surface area is 176 Å². The van der Waals surface area contributed by atoms with Crippen LogP contribution in [-0.4, -0.2) is 62.7 Å². The van der Waals surface area contributed by atoms with Gasteiger partial charge in [-0.15, -0.1) is 0 Å². The van der Waals surface area contributed by atoms with Crippen molar-refractivity contribution in [3.63, 3.8) is 0 Å². The molecule has 8 nitrogen and oxygen atoms in total. The van der Waals surface area contributed by atoms with Gasteiger partial charge in [0, 0.05) is 50.0 Å². The normalized spacial score (nSPS) is 15.5. The first kappa shape index (κ1) is 21.9. The summed E-state index contributed by atoms with van der Waals surface area (Å²) >= 11 is 0. The Morgan fingerprint density at radius 2 is 1.53 bits per heavy atom. The highest BCUT2D eigenvalue weighted by atomic mass is 32.2. The third kappa shape index (κ3) is 5.88. The molecule has 0 atom stereocenters. The summed E-state index contributed by atoms with van der Waals surface area (Å²) in [4.78, 5) is 25.8. The van der Waals surface area contributed by atoms with Crippen LogP contribution in [0.1, 0.15) is 22.8 Å². The molecule has 2 aromatic carbocycles. The fraction of sp³-hybridized carbons (Fsp3) is 0.333. The van der Waals surface area contributed by atoms with Crippen LogP contribution in [0.15, 0.2) is 48.5 Å². The summed E-state index contributed by atoms with van der Waals surface area (Å²) in [5.74, 6) is -0.596. The number of carbonyl (C=O) groups is 2. The van der Waals surface area contributed by atoms with Crippen molar-refractivity contribution in [2.45, 2.75) is 12.7 Å². The van der Waals surface area contributed by atoms with E-state index in [-0.39, 0.29) is 17.6 Å². The topological polar surface area (TPSA) is 98.8 Å². The van der Waals surface area contributed by atoms with E-state index in [9.17, 15) is 18.0 Å². The van der Waals surface area contributed by atoms with E-state index < -0.39 is 10.0 Å². The van der Waals surface area contributed by atoms with Crippen molar-refractivity contribution in [3.05, 3.63) is 59.7 Å². The molecule has 0 spiro atoms. The molecule has 2 amide bonds. The van der Waals surface area contributed by atoms with Crippen LogP contribution in [0.5, 0.6) is 0 Å². The van der Waals surface area contributed by atoms with Crippen molar-refractivity contribution < 1.29 is 18.0 Å². The van der Waals surface area contributed by atoms with E-state index in [1.807, 2.05) is 7.05 Å². The molecule has 0 bridgehead atoms. The van der Waals surface area contributed by atoms with Gasteiger partial charge in [-0.25, -0.2) is 8.42 Å². The van der Waals surface area contributed by atoms with Gasteiger partial charge in [-0.2, -0.15) is 4.31 Å². The second-order valence-electron chi connectivity index (χ2n) is 7.37. The first-order chi connectivity index (χ1) is 14.2. The highest BCUT2D eigenvalue weighted by Crippen LogP contribution is 2.18. The summed E-state index contributed by atoms with van der Waals surface area (Å²) < 4.78 is 26.8. The van der Waals surface area contributed by atoms with Crippen molar-refractivity contribution in [2.24, 2.45) is 0 Å². The predicted octanol–water partition coefficient (Wildman–Crippen LogP) is 1.97. The third-order valence-corrected chi connectivity index (χ3v) is 6.71. The molecular formula is C21H26N4O4S. The molecule has 2 N–H and O–H groups in total. The molecule has 1 saturated heterocycles. The smallest absolute Gasteiger partial charge is 0.255 e. The fourth-order valence-corrected chi connectivity index (χ4v) is 4.72. The van der Waals surface area contributed by atoms with Gasteiger partial charge in [0.25, 0.3) is 5.91 Å². The Hall–Kier alpha value is -2.75. The van der Waals surface area contributed by atoms with Crippen molar-refractivity contribution in [1.29, 1.82) is 0 Å². The van der Waals surface area contributed by atoms with Crippen LogP contribution in [0.4, 0.5) is 11.4 Å². The van der Waals surface area contributed by atoms with Crippen molar-refractivity contribution in [3.8, 4) is 0 Å². The van der Waals surface area contributed by atoms with E-state index in [1.165, 1.54) is 11.2 Å². The van der Waals surface area contributed by atoms with Gasteiger partial charge in [-0.05, 0) is 42.9 Å². The average molecular weight is 431 g/mol. The number of benzene rings is 2. The lowest BCUT2D eigenvalue weighted by molar-refractivity contribution is -0.114. The lowest BCUT2D eigenvalue weighted by Gasteiger charge is -2.31. The molecule has 1 fully saturated rings. The Bertz CT molecular complexity index is 1010. The van der Waals surface area contributed by atoms with E-state index in [1.54, 1.807) is 48.5 Å². The summed E-state index contributed by atoms with van der Waals surface area (Å²) in [6, 6.07) is 13.4. The van der Waals surface area contributed by atoms with E-state index in [4.69, 9.17) is 0 Å². The number of likely N-dealkylation sites (N-methyl/N-ethyl adjacent to an activating group) is 1. The lowest BCUT2D eigenvalue weighted by atomic mass is 10.1. The van der Waals surface area contributed by atoms with Crippen molar-refractivity contribution >= 4 is 33.2 Å². The largest absolute Gasteiger partial charge is 0.326 e. The molecule has 0 radical (unpaired) electrons. The summed E-state index contributed by atoms with van der Waals surface area (Å²) in [5, 5.41) is 5.44. The van der Waals surface area contributed by atoms with Crippen LogP contribution < -0.4 is 10.6 Å². The minimum Gasteiger partial charge on any atom is -0.326 e. The van der Waals surface area contributed by atoms with Gasteiger partial charge < -0.3 is 15.5 Å². The van der Waals surface area contributed by atoms with Gasteiger partial charge in [0.15, 0.2) is 0 Å². The van der Waals surface area contributed by atoms with Gasteiger partial charge in [-0.3, -0.25) is 9.59 Å². The number of piperazine rings is 1. The Kier molecular flexibility index (Phi) is 6.86. The number of nitrogens with one attached hydrogen (secondary N) is 2. The first-order valence-electron chi connectivity index (χ1n) is 9.67. The molecule has 9 heteroatoms. The Morgan fingerprint density at radius 1 is 0.933 bits per heavy atom. The summed E-state index contributed by atoms with van der Waals surface area (Å²) in [6.07, 6.45) is 0. The molecule has 1 heterocycles. The first-order valence-corrected chi connectivity index (χ1v) is 11.3. The average Bonchev–Trinajstić information content (AvgIpc) is 2.68. The van der Waals surface area contributed by atoms with Gasteiger partial charge in [0.1, 0.15) is 0 Å². The molecule has 1 aliphatic heterocycles. The summed E-state index contributed by atoms with van der Waals surface area (Å²) in [6.45, 7) is 3.85. The van der Waals surface area contributed by atoms with Crippen LogP contribution in [0.3, 0.4) is 0 Å². The zero-order valence-corrected chi connectivity index (χ0v) is 17.9. The van der Waals surface area contributed by atoms with Crippen molar-refractivity contribution in [2.75, 3.05) is 43.9 Å². The number of sulfonamides is 1. The maximum absolute atomic E-state index is 12.6. The quantitative estimate of drug-likeness (QED) is 0.730. The summed E-state index contributed by atoms with van der Waals surface area (Å²) in [5.41, 5.74) is 2.19. The number of carbonyl (C=O) groups excluding carboxylic acids is 2. The molecular weight excluding hydrogens is 404 g/mol. The van der Waals surface area contributed by atoms with Crippen molar-refractivity contribution in [1.82, 2.24) is 9.21 Å². The Balaban J connectivity index is 1.62. The number of nitrogens with zero attached hydrogens (tertiary/aromatic N) is 2. The SMILES string of the molecule is CC(=O)Nc1cccc(NC(=O)c2ccc(CS(=O)(=O)N3CCN(C)CC3)cc2)c1. The van der Waals surface area contributed by atoms with Gasteiger partial charge in [-0.1, -0.05) is 18.2 Å². The molecule has 0 aromatic heterocycles. The van der Waals surface area contributed by atoms with Crippen LogP contribution >= 0.6 is 0 Å². The highest BCUT2D eigenvalue weighted by molar-refractivity contribution is 7.88. The fourth-order valence-electron chi connectivity index (χ4n) is 3.20. The van der Waals surface area contributed by atoms with E-state index in [0.29, 0.717) is 35.6 Å². The number of rotatable bonds is 6. The monoisotopic (exact) mass is 430 g/mol. The Morgan fingerprint density at radius 3 is 2.13 bits per heavy atom. The van der Waals surface area contributed by atoms with E-state index >= 15 is 0 Å². The van der Waals surface area contributed by atoms with E-state index in [0.717, 1.165) is 13.1 Å². The molecule has 160 valence electrons. The standard InChI is InChI=1S/C21H26N4O4S/c1-16(26)22-19-4-3-5-20(14-19)23-21(27)18-8-6-17(7-9-18)15-30(28,29)25-12-10-24(2)11-13-25/h3-9,14H,10-13,15H2,1-2H3,(H,22,26)(H,23,27). The zero-order chi connectivity index (χ0) is 21.7. The molecule has 0 saturated carbocycles. The number of anilines is 2. The third-order valence-electron chi connectivity index (χ3n) is 4.86. The van der Waals surface area contributed by atoms with Crippen LogP contribution in [0.2, 0.25) is 0 Å². The number of hydrogen-bond acceptors (Lipinski definition) is 5. The number of amides is 2. The van der Waals surface area contributed by atoms with Crippen LogP contribution in [0, 0.1) is 0 Å². The maximum Gasteiger partial charge on any atom is 0.255 e. The molecule has 30 heavy (non-hydrogen) atoms. The van der Waals surface area contributed by atoms with Crippen LogP contribution in [0.25, 0.3) is 0 Å². The molecule has 0 unspecified atom stereocenters. The van der Waals surface area contributed by atoms with Gasteiger partial charge in [0.2, 0.25) is 15.9 Å². The van der Waals surface area contributed by atoms with E-state index in [2.05, 4.69) is 15.5 Å². The van der Waals surface area contributed by atoms with Gasteiger partial charge >= 0.3 is 0 Å². The zero-order valence-electron chi connectivity index (χ0n) is 17.1. The molecule has 3 rings (SSSR count). The minimum atomic E-state index is -3.38. The predicted molar refractivity (Wildman–Crippen MR) is 117 cm³/mol. The number of hydrogen-bond donors (Lipinski definition) is 2. The summed E-state index contributed by atoms with van der Waals surface area (Å²) in [7, 11) is -1.41. The highest BCUT2D eigenvalue weighted by Gasteiger charge is 2.25. The van der Waals surface area contributed by atoms with Crippen LogP contribution in [-0.2, 0) is 20.6 Å². The molecule has 2 aromatic rings. The lowest BCUT2D eigenvalue weighted by Crippen LogP contribution is -2.47. The second-order valence-corrected chi connectivity index (χ2v) is 9.34. The van der Waals surface area contributed by atoms with Gasteiger partial charge in [0.05, 0.1) is 5.75 Å². The molecule has 0 aliphatic carbocycles. The maximum atomic E-state index is 12.6.